The fourth-order valence-corrected chi connectivity index (χ4v) is 3.72. The van der Waals surface area contributed by atoms with E-state index < -0.39 is 0 Å². The van der Waals surface area contributed by atoms with Crippen LogP contribution in [0.4, 0.5) is 10.5 Å². The van der Waals surface area contributed by atoms with Crippen molar-refractivity contribution in [2.24, 2.45) is 7.05 Å². The minimum atomic E-state index is -0.286. The number of aromatic nitrogens is 2. The standard InChI is InChI=1S/C20H23N5O2S/c1-24(2)16(17-5-4-12-28-17)13-22-20(27)23-15-8-6-14(7-9-15)18(26)19-21-10-11-25(19)3/h4-12,16H,13H2,1-3H3,(H2,22,23,27)/t16-/m1/s1. The van der Waals surface area contributed by atoms with Crippen molar-refractivity contribution < 1.29 is 9.59 Å². The first-order valence-electron chi connectivity index (χ1n) is 8.82. The molecule has 0 saturated carbocycles. The third-order valence-corrected chi connectivity index (χ3v) is 5.35. The zero-order valence-electron chi connectivity index (χ0n) is 16.0. The molecule has 0 aliphatic carbocycles. The van der Waals surface area contributed by atoms with Crippen LogP contribution in [0.3, 0.4) is 0 Å². The molecule has 2 aromatic heterocycles. The first-order valence-corrected chi connectivity index (χ1v) is 9.70. The van der Waals surface area contributed by atoms with Gasteiger partial charge in [-0.2, -0.15) is 0 Å². The number of carbonyl (C=O) groups excluding carboxylic acids is 2. The Balaban J connectivity index is 1.57. The van der Waals surface area contributed by atoms with E-state index in [1.165, 1.54) is 4.88 Å². The van der Waals surface area contributed by atoms with Crippen LogP contribution in [0.25, 0.3) is 0 Å². The molecule has 0 bridgehead atoms. The van der Waals surface area contributed by atoms with Crippen molar-refractivity contribution in [3.8, 4) is 0 Å². The van der Waals surface area contributed by atoms with Crippen LogP contribution in [0.1, 0.15) is 27.1 Å². The summed E-state index contributed by atoms with van der Waals surface area (Å²) in [5.74, 6) is 0.218. The van der Waals surface area contributed by atoms with Crippen LogP contribution < -0.4 is 10.6 Å². The van der Waals surface area contributed by atoms with Crippen LogP contribution in [0.5, 0.6) is 0 Å². The minimum Gasteiger partial charge on any atom is -0.336 e. The molecule has 0 aliphatic heterocycles. The number of amides is 2. The number of hydrogen-bond acceptors (Lipinski definition) is 5. The van der Waals surface area contributed by atoms with Crippen LogP contribution in [0.2, 0.25) is 0 Å². The van der Waals surface area contributed by atoms with Crippen molar-refractivity contribution in [3.63, 3.8) is 0 Å². The lowest BCUT2D eigenvalue weighted by molar-refractivity contribution is 0.102. The Morgan fingerprint density at radius 1 is 1.21 bits per heavy atom. The second-order valence-corrected chi connectivity index (χ2v) is 7.58. The summed E-state index contributed by atoms with van der Waals surface area (Å²) >= 11 is 1.67. The van der Waals surface area contributed by atoms with Gasteiger partial charge in [-0.05, 0) is 49.8 Å². The molecule has 3 rings (SSSR count). The molecule has 0 unspecified atom stereocenters. The van der Waals surface area contributed by atoms with Gasteiger partial charge >= 0.3 is 6.03 Å². The zero-order chi connectivity index (χ0) is 20.1. The van der Waals surface area contributed by atoms with E-state index >= 15 is 0 Å². The Labute approximate surface area is 168 Å². The molecule has 7 nitrogen and oxygen atoms in total. The Morgan fingerprint density at radius 2 is 1.96 bits per heavy atom. The van der Waals surface area contributed by atoms with Gasteiger partial charge in [0.2, 0.25) is 5.78 Å². The molecule has 0 aliphatic rings. The van der Waals surface area contributed by atoms with E-state index in [0.717, 1.165) is 0 Å². The van der Waals surface area contributed by atoms with Gasteiger partial charge in [0.25, 0.3) is 0 Å². The summed E-state index contributed by atoms with van der Waals surface area (Å²) in [7, 11) is 5.75. The van der Waals surface area contributed by atoms with Crippen molar-refractivity contribution in [3.05, 3.63) is 70.4 Å². The number of likely N-dealkylation sites (N-methyl/N-ethyl adjacent to an activating group) is 1. The molecule has 28 heavy (non-hydrogen) atoms. The molecule has 1 atom stereocenters. The van der Waals surface area contributed by atoms with Crippen LogP contribution >= 0.6 is 11.3 Å². The van der Waals surface area contributed by atoms with Crippen molar-refractivity contribution in [2.75, 3.05) is 26.0 Å². The number of carbonyl (C=O) groups is 2. The van der Waals surface area contributed by atoms with Crippen molar-refractivity contribution in [1.29, 1.82) is 0 Å². The summed E-state index contributed by atoms with van der Waals surface area (Å²) < 4.78 is 1.68. The number of nitrogens with one attached hydrogen (secondary N) is 2. The molecule has 0 radical (unpaired) electrons. The van der Waals surface area contributed by atoms with E-state index in [2.05, 4.69) is 26.6 Å². The van der Waals surface area contributed by atoms with E-state index in [4.69, 9.17) is 0 Å². The number of hydrogen-bond donors (Lipinski definition) is 2. The third kappa shape index (κ3) is 4.65. The SMILES string of the molecule is CN(C)[C@H](CNC(=O)Nc1ccc(C(=O)c2nccn2C)cc1)c1cccs1. The molecule has 2 N–H and O–H groups in total. The molecule has 2 heterocycles. The number of imidazole rings is 1. The number of rotatable bonds is 7. The van der Waals surface area contributed by atoms with Crippen LogP contribution in [-0.2, 0) is 7.05 Å². The third-order valence-electron chi connectivity index (χ3n) is 4.38. The molecule has 3 aromatic rings. The Kier molecular flexibility index (Phi) is 6.23. The van der Waals surface area contributed by atoms with Crippen LogP contribution in [0.15, 0.2) is 54.2 Å². The Bertz CT molecular complexity index is 932. The molecular formula is C20H23N5O2S. The molecule has 0 saturated heterocycles. The molecular weight excluding hydrogens is 374 g/mol. The summed E-state index contributed by atoms with van der Waals surface area (Å²) in [6, 6.07) is 10.7. The minimum absolute atomic E-state index is 0.114. The quantitative estimate of drug-likeness (QED) is 0.601. The lowest BCUT2D eigenvalue weighted by atomic mass is 10.1. The Morgan fingerprint density at radius 3 is 2.54 bits per heavy atom. The lowest BCUT2D eigenvalue weighted by Crippen LogP contribution is -2.36. The summed E-state index contributed by atoms with van der Waals surface area (Å²) in [6.07, 6.45) is 3.31. The average molecular weight is 398 g/mol. The summed E-state index contributed by atoms with van der Waals surface area (Å²) in [5, 5.41) is 7.73. The highest BCUT2D eigenvalue weighted by molar-refractivity contribution is 7.10. The fourth-order valence-electron chi connectivity index (χ4n) is 2.80. The first kappa shape index (κ1) is 19.8. The van der Waals surface area contributed by atoms with E-state index in [0.29, 0.717) is 23.6 Å². The van der Waals surface area contributed by atoms with Gasteiger partial charge in [0.15, 0.2) is 5.82 Å². The number of anilines is 1. The zero-order valence-corrected chi connectivity index (χ0v) is 16.9. The predicted molar refractivity (Wildman–Crippen MR) is 111 cm³/mol. The van der Waals surface area contributed by atoms with Crippen molar-refractivity contribution >= 4 is 28.8 Å². The maximum absolute atomic E-state index is 12.4. The molecule has 0 fully saturated rings. The van der Waals surface area contributed by atoms with E-state index in [1.54, 1.807) is 59.6 Å². The smallest absolute Gasteiger partial charge is 0.319 e. The van der Waals surface area contributed by atoms with E-state index in [-0.39, 0.29) is 17.9 Å². The van der Waals surface area contributed by atoms with Crippen molar-refractivity contribution in [1.82, 2.24) is 19.8 Å². The summed E-state index contributed by atoms with van der Waals surface area (Å²) in [5.41, 5.74) is 1.14. The van der Waals surface area contributed by atoms with Gasteiger partial charge in [0, 0.05) is 42.1 Å². The van der Waals surface area contributed by atoms with Gasteiger partial charge in [-0.15, -0.1) is 11.3 Å². The van der Waals surface area contributed by atoms with Crippen LogP contribution in [0, 0.1) is 0 Å². The van der Waals surface area contributed by atoms with Gasteiger partial charge in [0.1, 0.15) is 0 Å². The predicted octanol–water partition coefficient (Wildman–Crippen LogP) is 3.14. The van der Waals surface area contributed by atoms with Gasteiger partial charge in [-0.3, -0.25) is 4.79 Å². The lowest BCUT2D eigenvalue weighted by Gasteiger charge is -2.23. The number of aryl methyl sites for hydroxylation is 1. The van der Waals surface area contributed by atoms with Gasteiger partial charge in [-0.1, -0.05) is 6.07 Å². The van der Waals surface area contributed by atoms with Crippen LogP contribution in [-0.4, -0.2) is 46.9 Å². The molecule has 2 amide bonds. The van der Waals surface area contributed by atoms with Gasteiger partial charge in [-0.25, -0.2) is 9.78 Å². The first-order chi connectivity index (χ1) is 13.5. The second-order valence-electron chi connectivity index (χ2n) is 6.60. The topological polar surface area (TPSA) is 79.3 Å². The fraction of sp³-hybridized carbons (Fsp3) is 0.250. The van der Waals surface area contributed by atoms with Gasteiger partial charge < -0.3 is 20.1 Å². The van der Waals surface area contributed by atoms with Crippen molar-refractivity contribution in [2.45, 2.75) is 6.04 Å². The van der Waals surface area contributed by atoms with E-state index in [9.17, 15) is 9.59 Å². The highest BCUT2D eigenvalue weighted by atomic mass is 32.1. The monoisotopic (exact) mass is 397 g/mol. The maximum atomic E-state index is 12.4. The summed E-state index contributed by atoms with van der Waals surface area (Å²) in [6.45, 7) is 0.495. The number of nitrogens with zero attached hydrogens (tertiary/aromatic N) is 3. The second kappa shape index (κ2) is 8.81. The van der Waals surface area contributed by atoms with Gasteiger partial charge in [0.05, 0.1) is 6.04 Å². The maximum Gasteiger partial charge on any atom is 0.319 e. The normalized spacial score (nSPS) is 12.0. The molecule has 1 aromatic carbocycles. The molecule has 8 heteroatoms. The number of thiophene rings is 1. The molecule has 0 spiro atoms. The number of urea groups is 1. The largest absolute Gasteiger partial charge is 0.336 e. The highest BCUT2D eigenvalue weighted by Gasteiger charge is 2.17. The number of ketones is 1. The average Bonchev–Trinajstić information content (AvgIpc) is 3.33. The van der Waals surface area contributed by atoms with E-state index in [1.807, 2.05) is 25.5 Å². The Hall–Kier alpha value is -2.97. The summed E-state index contributed by atoms with van der Waals surface area (Å²) in [4.78, 5) is 32.0. The highest BCUT2D eigenvalue weighted by Crippen LogP contribution is 2.22. The molecule has 146 valence electrons. The number of benzene rings is 1.